The molecule has 2 aliphatic rings. The molecule has 1 saturated carbocycles. The number of hydrogen-bond donors (Lipinski definition) is 1. The molecule has 0 radical (unpaired) electrons. The molecule has 1 aromatic carbocycles. The summed E-state index contributed by atoms with van der Waals surface area (Å²) in [6.07, 6.45) is 4.09. The average Bonchev–Trinajstić information content (AvgIpc) is 2.53. The van der Waals surface area contributed by atoms with Crippen molar-refractivity contribution >= 4 is 5.69 Å². The van der Waals surface area contributed by atoms with E-state index >= 15 is 0 Å². The molecule has 3 atom stereocenters. The van der Waals surface area contributed by atoms with E-state index in [0.29, 0.717) is 6.10 Å². The van der Waals surface area contributed by atoms with Crippen LogP contribution < -0.4 is 15.0 Å². The van der Waals surface area contributed by atoms with Crippen molar-refractivity contribution in [3.8, 4) is 5.75 Å². The molecule has 1 aliphatic carbocycles. The number of hydrogen-bond acceptors (Lipinski definition) is 3. The smallest absolute Gasteiger partial charge is 0.119 e. The van der Waals surface area contributed by atoms with Gasteiger partial charge in [-0.2, -0.15) is 0 Å². The molecule has 3 unspecified atom stereocenters. The molecule has 0 spiro atoms. The predicted molar refractivity (Wildman–Crippen MR) is 88.1 cm³/mol. The number of nitrogens with one attached hydrogen (secondary N) is 1. The number of ether oxygens (including phenoxy) is 1. The minimum absolute atomic E-state index is 0.404. The monoisotopic (exact) mass is 288 g/mol. The van der Waals surface area contributed by atoms with Crippen LogP contribution in [0.15, 0.2) is 24.3 Å². The first-order chi connectivity index (χ1) is 10.2. The first kappa shape index (κ1) is 14.7. The third-order valence-corrected chi connectivity index (χ3v) is 5.17. The minimum Gasteiger partial charge on any atom is -0.490 e. The molecule has 0 aromatic heterocycles. The van der Waals surface area contributed by atoms with E-state index in [2.05, 4.69) is 48.3 Å². The molecule has 116 valence electrons. The van der Waals surface area contributed by atoms with Crippen molar-refractivity contribution < 1.29 is 4.74 Å². The third kappa shape index (κ3) is 3.70. The lowest BCUT2D eigenvalue weighted by Crippen LogP contribution is -2.43. The Morgan fingerprint density at radius 3 is 2.38 bits per heavy atom. The highest BCUT2D eigenvalue weighted by molar-refractivity contribution is 5.49. The van der Waals surface area contributed by atoms with Crippen molar-refractivity contribution in [1.82, 2.24) is 5.32 Å². The van der Waals surface area contributed by atoms with Gasteiger partial charge in [-0.25, -0.2) is 0 Å². The molecule has 1 aromatic rings. The van der Waals surface area contributed by atoms with Crippen molar-refractivity contribution in [3.05, 3.63) is 24.3 Å². The quantitative estimate of drug-likeness (QED) is 0.923. The van der Waals surface area contributed by atoms with E-state index in [4.69, 9.17) is 4.74 Å². The standard InChI is InChI=1S/C18H28N2O/c1-14-3-6-18(13-15(14)2)21-17-7-4-16(5-8-17)20-11-9-19-10-12-20/h4-5,7-8,14-15,18-19H,3,6,9-13H2,1-2H3. The fourth-order valence-corrected chi connectivity index (χ4v) is 3.46. The zero-order chi connectivity index (χ0) is 14.7. The van der Waals surface area contributed by atoms with Crippen LogP contribution in [0.2, 0.25) is 0 Å². The molecule has 3 rings (SSSR count). The Morgan fingerprint density at radius 2 is 1.71 bits per heavy atom. The van der Waals surface area contributed by atoms with Crippen LogP contribution in [0.3, 0.4) is 0 Å². The number of nitrogens with zero attached hydrogens (tertiary/aromatic N) is 1. The Labute approximate surface area is 128 Å². The summed E-state index contributed by atoms with van der Waals surface area (Å²) in [6.45, 7) is 9.07. The van der Waals surface area contributed by atoms with Gasteiger partial charge in [-0.3, -0.25) is 0 Å². The van der Waals surface area contributed by atoms with Gasteiger partial charge < -0.3 is 15.0 Å². The van der Waals surface area contributed by atoms with Crippen LogP contribution in [0.5, 0.6) is 5.75 Å². The maximum absolute atomic E-state index is 6.19. The van der Waals surface area contributed by atoms with Crippen molar-refractivity contribution in [2.24, 2.45) is 11.8 Å². The maximum Gasteiger partial charge on any atom is 0.119 e. The van der Waals surface area contributed by atoms with Gasteiger partial charge in [-0.1, -0.05) is 13.8 Å². The third-order valence-electron chi connectivity index (χ3n) is 5.17. The molecule has 1 N–H and O–H groups in total. The summed E-state index contributed by atoms with van der Waals surface area (Å²) in [7, 11) is 0. The van der Waals surface area contributed by atoms with Gasteiger partial charge in [0.2, 0.25) is 0 Å². The Morgan fingerprint density at radius 1 is 1.00 bits per heavy atom. The molecule has 1 aliphatic heterocycles. The van der Waals surface area contributed by atoms with E-state index in [9.17, 15) is 0 Å². The molecule has 0 bridgehead atoms. The molecule has 2 fully saturated rings. The highest BCUT2D eigenvalue weighted by Gasteiger charge is 2.25. The van der Waals surface area contributed by atoms with Gasteiger partial charge >= 0.3 is 0 Å². The molecule has 21 heavy (non-hydrogen) atoms. The number of rotatable bonds is 3. The summed E-state index contributed by atoms with van der Waals surface area (Å²) >= 11 is 0. The van der Waals surface area contributed by atoms with E-state index < -0.39 is 0 Å². The fraction of sp³-hybridized carbons (Fsp3) is 0.667. The van der Waals surface area contributed by atoms with Crippen LogP contribution >= 0.6 is 0 Å². The Balaban J connectivity index is 1.57. The highest BCUT2D eigenvalue weighted by atomic mass is 16.5. The summed E-state index contributed by atoms with van der Waals surface area (Å²) in [5.74, 6) is 2.66. The zero-order valence-electron chi connectivity index (χ0n) is 13.3. The summed E-state index contributed by atoms with van der Waals surface area (Å²) in [5.41, 5.74) is 1.31. The molecule has 0 amide bonds. The van der Waals surface area contributed by atoms with Crippen LogP contribution in [0.25, 0.3) is 0 Å². The molecular weight excluding hydrogens is 260 g/mol. The van der Waals surface area contributed by atoms with Crippen molar-refractivity contribution in [1.29, 1.82) is 0 Å². The summed E-state index contributed by atoms with van der Waals surface area (Å²) < 4.78 is 6.19. The fourth-order valence-electron chi connectivity index (χ4n) is 3.46. The Hall–Kier alpha value is -1.22. The molecule has 1 saturated heterocycles. The SMILES string of the molecule is CC1CCC(Oc2ccc(N3CCNCC3)cc2)CC1C. The van der Waals surface area contributed by atoms with E-state index in [1.807, 2.05) is 0 Å². The van der Waals surface area contributed by atoms with Gasteiger partial charge in [0.1, 0.15) is 5.75 Å². The Bertz CT molecular complexity index is 439. The number of benzene rings is 1. The first-order valence-electron chi connectivity index (χ1n) is 8.45. The van der Waals surface area contributed by atoms with Gasteiger partial charge in [-0.05, 0) is 55.4 Å². The summed E-state index contributed by atoms with van der Waals surface area (Å²) in [4.78, 5) is 2.44. The largest absolute Gasteiger partial charge is 0.490 e. The topological polar surface area (TPSA) is 24.5 Å². The van der Waals surface area contributed by atoms with Crippen LogP contribution in [0.1, 0.15) is 33.1 Å². The second kappa shape index (κ2) is 6.69. The van der Waals surface area contributed by atoms with Gasteiger partial charge in [0.15, 0.2) is 0 Å². The second-order valence-corrected chi connectivity index (χ2v) is 6.74. The molecule has 1 heterocycles. The average molecular weight is 288 g/mol. The molecule has 3 nitrogen and oxygen atoms in total. The van der Waals surface area contributed by atoms with E-state index in [-0.39, 0.29) is 0 Å². The lowest BCUT2D eigenvalue weighted by Gasteiger charge is -2.32. The van der Waals surface area contributed by atoms with E-state index in [0.717, 1.165) is 43.8 Å². The lowest BCUT2D eigenvalue weighted by atomic mass is 9.80. The lowest BCUT2D eigenvalue weighted by molar-refractivity contribution is 0.101. The maximum atomic E-state index is 6.19. The summed E-state index contributed by atoms with van der Waals surface area (Å²) in [5, 5.41) is 3.39. The highest BCUT2D eigenvalue weighted by Crippen LogP contribution is 2.32. The zero-order valence-corrected chi connectivity index (χ0v) is 13.3. The number of piperazine rings is 1. The Kier molecular flexibility index (Phi) is 4.69. The van der Waals surface area contributed by atoms with Gasteiger partial charge in [-0.15, -0.1) is 0 Å². The molecule has 3 heteroatoms. The van der Waals surface area contributed by atoms with Crippen molar-refractivity contribution in [3.63, 3.8) is 0 Å². The van der Waals surface area contributed by atoms with Crippen LogP contribution in [0.4, 0.5) is 5.69 Å². The summed E-state index contributed by atoms with van der Waals surface area (Å²) in [6, 6.07) is 8.69. The van der Waals surface area contributed by atoms with Crippen LogP contribution in [-0.4, -0.2) is 32.3 Å². The molecular formula is C18H28N2O. The van der Waals surface area contributed by atoms with Crippen LogP contribution in [-0.2, 0) is 0 Å². The number of anilines is 1. The second-order valence-electron chi connectivity index (χ2n) is 6.74. The van der Waals surface area contributed by atoms with Gasteiger partial charge in [0.05, 0.1) is 6.10 Å². The van der Waals surface area contributed by atoms with Crippen LogP contribution in [0, 0.1) is 11.8 Å². The van der Waals surface area contributed by atoms with Crippen molar-refractivity contribution in [2.75, 3.05) is 31.1 Å². The van der Waals surface area contributed by atoms with Gasteiger partial charge in [0.25, 0.3) is 0 Å². The van der Waals surface area contributed by atoms with E-state index in [1.54, 1.807) is 0 Å². The van der Waals surface area contributed by atoms with Gasteiger partial charge in [0, 0.05) is 31.9 Å². The van der Waals surface area contributed by atoms with E-state index in [1.165, 1.54) is 24.9 Å². The minimum atomic E-state index is 0.404. The predicted octanol–water partition coefficient (Wildman–Crippen LogP) is 3.30. The normalized spacial score (nSPS) is 30.2. The first-order valence-corrected chi connectivity index (χ1v) is 8.45. The van der Waals surface area contributed by atoms with Crippen molar-refractivity contribution in [2.45, 2.75) is 39.2 Å².